The van der Waals surface area contributed by atoms with E-state index in [1.165, 1.54) is 0 Å². The number of rotatable bonds is 4. The average Bonchev–Trinajstić information content (AvgIpc) is 2.43. The summed E-state index contributed by atoms with van der Waals surface area (Å²) in [5.41, 5.74) is 6.37. The Balaban J connectivity index is 2.63. The van der Waals surface area contributed by atoms with Crippen molar-refractivity contribution in [2.24, 2.45) is 5.73 Å². The van der Waals surface area contributed by atoms with Crippen LogP contribution >= 0.6 is 0 Å². The van der Waals surface area contributed by atoms with Crippen molar-refractivity contribution in [1.29, 1.82) is 0 Å². The van der Waals surface area contributed by atoms with Gasteiger partial charge < -0.3 is 15.8 Å². The average molecular weight is 260 g/mol. The molecule has 0 unspecified atom stereocenters. The van der Waals surface area contributed by atoms with Gasteiger partial charge in [-0.25, -0.2) is 0 Å². The molecule has 1 amide bonds. The van der Waals surface area contributed by atoms with Crippen molar-refractivity contribution in [2.75, 3.05) is 20.2 Å². The molecule has 0 fully saturated rings. The SMILES string of the molecule is COC(C)(C)CNC(=O)c1ccc(C#CCN)cc1. The molecule has 0 heterocycles. The van der Waals surface area contributed by atoms with Crippen LogP contribution in [-0.4, -0.2) is 31.7 Å². The molecule has 0 aromatic heterocycles. The lowest BCUT2D eigenvalue weighted by Crippen LogP contribution is -2.39. The fraction of sp³-hybridized carbons (Fsp3) is 0.400. The van der Waals surface area contributed by atoms with Gasteiger partial charge in [-0.3, -0.25) is 4.79 Å². The van der Waals surface area contributed by atoms with Gasteiger partial charge in [0, 0.05) is 24.8 Å². The summed E-state index contributed by atoms with van der Waals surface area (Å²) in [5, 5.41) is 2.83. The van der Waals surface area contributed by atoms with Crippen LogP contribution in [0.5, 0.6) is 0 Å². The van der Waals surface area contributed by atoms with Crippen molar-refractivity contribution in [1.82, 2.24) is 5.32 Å². The van der Waals surface area contributed by atoms with Gasteiger partial charge in [-0.05, 0) is 38.1 Å². The van der Waals surface area contributed by atoms with Crippen molar-refractivity contribution in [3.05, 3.63) is 35.4 Å². The highest BCUT2D eigenvalue weighted by Gasteiger charge is 2.17. The van der Waals surface area contributed by atoms with E-state index in [1.54, 1.807) is 31.4 Å². The second-order valence-electron chi connectivity index (χ2n) is 4.73. The van der Waals surface area contributed by atoms with Crippen LogP contribution in [0, 0.1) is 11.8 Å². The zero-order valence-electron chi connectivity index (χ0n) is 11.6. The Bertz CT molecular complexity index is 481. The van der Waals surface area contributed by atoms with Crippen molar-refractivity contribution in [3.8, 4) is 11.8 Å². The van der Waals surface area contributed by atoms with E-state index >= 15 is 0 Å². The first kappa shape index (κ1) is 15.2. The first-order chi connectivity index (χ1) is 8.98. The van der Waals surface area contributed by atoms with Crippen molar-refractivity contribution < 1.29 is 9.53 Å². The van der Waals surface area contributed by atoms with Gasteiger partial charge in [0.25, 0.3) is 5.91 Å². The summed E-state index contributed by atoms with van der Waals surface area (Å²) in [6.45, 7) is 4.61. The summed E-state index contributed by atoms with van der Waals surface area (Å²) < 4.78 is 5.24. The van der Waals surface area contributed by atoms with Gasteiger partial charge in [-0.2, -0.15) is 0 Å². The predicted molar refractivity (Wildman–Crippen MR) is 75.8 cm³/mol. The molecule has 1 aromatic carbocycles. The largest absolute Gasteiger partial charge is 0.377 e. The van der Waals surface area contributed by atoms with Gasteiger partial charge in [0.1, 0.15) is 0 Å². The highest BCUT2D eigenvalue weighted by molar-refractivity contribution is 5.94. The molecule has 0 aliphatic heterocycles. The number of hydrogen-bond acceptors (Lipinski definition) is 3. The highest BCUT2D eigenvalue weighted by Crippen LogP contribution is 2.07. The summed E-state index contributed by atoms with van der Waals surface area (Å²) in [6, 6.07) is 7.10. The summed E-state index contributed by atoms with van der Waals surface area (Å²) in [4.78, 5) is 11.9. The van der Waals surface area contributed by atoms with Crippen LogP contribution in [0.15, 0.2) is 24.3 Å². The number of carbonyl (C=O) groups is 1. The molecule has 0 saturated carbocycles. The first-order valence-electron chi connectivity index (χ1n) is 6.11. The van der Waals surface area contributed by atoms with E-state index in [0.717, 1.165) is 5.56 Å². The molecule has 4 nitrogen and oxygen atoms in total. The summed E-state index contributed by atoms with van der Waals surface area (Å²) in [6.07, 6.45) is 0. The number of benzene rings is 1. The Morgan fingerprint density at radius 1 is 1.37 bits per heavy atom. The molecule has 1 rings (SSSR count). The van der Waals surface area contributed by atoms with Crippen molar-refractivity contribution in [2.45, 2.75) is 19.4 Å². The fourth-order valence-electron chi connectivity index (χ4n) is 1.33. The van der Waals surface area contributed by atoms with E-state index in [4.69, 9.17) is 10.5 Å². The van der Waals surface area contributed by atoms with Crippen LogP contribution in [0.3, 0.4) is 0 Å². The van der Waals surface area contributed by atoms with Gasteiger partial charge in [0.15, 0.2) is 0 Å². The molecule has 0 aliphatic rings. The lowest BCUT2D eigenvalue weighted by Gasteiger charge is -2.23. The maximum absolute atomic E-state index is 11.9. The zero-order valence-corrected chi connectivity index (χ0v) is 11.6. The topological polar surface area (TPSA) is 64.3 Å². The lowest BCUT2D eigenvalue weighted by atomic mass is 10.1. The molecule has 0 radical (unpaired) electrons. The Morgan fingerprint density at radius 3 is 2.53 bits per heavy atom. The summed E-state index contributed by atoms with van der Waals surface area (Å²) >= 11 is 0. The van der Waals surface area contributed by atoms with E-state index < -0.39 is 0 Å². The monoisotopic (exact) mass is 260 g/mol. The maximum Gasteiger partial charge on any atom is 0.251 e. The second-order valence-corrected chi connectivity index (χ2v) is 4.73. The fourth-order valence-corrected chi connectivity index (χ4v) is 1.33. The van der Waals surface area contributed by atoms with E-state index in [1.807, 2.05) is 13.8 Å². The van der Waals surface area contributed by atoms with Crippen LogP contribution in [0.4, 0.5) is 0 Å². The van der Waals surface area contributed by atoms with Gasteiger partial charge >= 0.3 is 0 Å². The van der Waals surface area contributed by atoms with Crippen LogP contribution < -0.4 is 11.1 Å². The van der Waals surface area contributed by atoms with Crippen LogP contribution in [-0.2, 0) is 4.74 Å². The molecule has 0 atom stereocenters. The predicted octanol–water partition coefficient (Wildman–Crippen LogP) is 1.15. The Morgan fingerprint density at radius 2 is 2.00 bits per heavy atom. The second kappa shape index (κ2) is 6.93. The van der Waals surface area contributed by atoms with Crippen molar-refractivity contribution >= 4 is 5.91 Å². The third-order valence-corrected chi connectivity index (χ3v) is 2.71. The maximum atomic E-state index is 11.9. The third-order valence-electron chi connectivity index (χ3n) is 2.71. The van der Waals surface area contributed by atoms with Crippen LogP contribution in [0.25, 0.3) is 0 Å². The smallest absolute Gasteiger partial charge is 0.251 e. The third kappa shape index (κ3) is 5.12. The molecule has 1 aromatic rings. The number of methoxy groups -OCH3 is 1. The van der Waals surface area contributed by atoms with Crippen LogP contribution in [0.1, 0.15) is 29.8 Å². The normalized spacial score (nSPS) is 10.5. The first-order valence-corrected chi connectivity index (χ1v) is 6.11. The molecule has 102 valence electrons. The molecular weight excluding hydrogens is 240 g/mol. The molecule has 0 saturated heterocycles. The number of hydrogen-bond donors (Lipinski definition) is 2. The van der Waals surface area contributed by atoms with Gasteiger partial charge in [-0.1, -0.05) is 11.8 Å². The molecule has 4 heteroatoms. The Kier molecular flexibility index (Phi) is 5.56. The number of nitrogens with two attached hydrogens (primary N) is 1. The highest BCUT2D eigenvalue weighted by atomic mass is 16.5. The molecule has 0 spiro atoms. The number of nitrogens with one attached hydrogen (secondary N) is 1. The molecule has 0 bridgehead atoms. The van der Waals surface area contributed by atoms with E-state index in [-0.39, 0.29) is 11.5 Å². The minimum atomic E-state index is -0.373. The molecular formula is C15H20N2O2. The molecule has 0 aliphatic carbocycles. The Labute approximate surface area is 114 Å². The van der Waals surface area contributed by atoms with Gasteiger partial charge in [0.2, 0.25) is 0 Å². The quantitative estimate of drug-likeness (QED) is 0.798. The Hall–Kier alpha value is -1.83. The van der Waals surface area contributed by atoms with E-state index in [9.17, 15) is 4.79 Å². The van der Waals surface area contributed by atoms with Gasteiger partial charge in [-0.15, -0.1) is 0 Å². The molecule has 3 N–H and O–H groups in total. The summed E-state index contributed by atoms with van der Waals surface area (Å²) in [7, 11) is 1.62. The number of carbonyl (C=O) groups excluding carboxylic acids is 1. The van der Waals surface area contributed by atoms with Crippen LogP contribution in [0.2, 0.25) is 0 Å². The number of ether oxygens (including phenoxy) is 1. The zero-order chi connectivity index (χ0) is 14.3. The lowest BCUT2D eigenvalue weighted by molar-refractivity contribution is 0.0229. The van der Waals surface area contributed by atoms with Crippen molar-refractivity contribution in [3.63, 3.8) is 0 Å². The number of amides is 1. The van der Waals surface area contributed by atoms with E-state index in [2.05, 4.69) is 17.2 Å². The summed E-state index contributed by atoms with van der Waals surface area (Å²) in [5.74, 6) is 5.55. The standard InChI is InChI=1S/C15H20N2O2/c1-15(2,19-3)11-17-14(18)13-8-6-12(7-9-13)5-4-10-16/h6-9H,10-11,16H2,1-3H3,(H,17,18). The molecule has 19 heavy (non-hydrogen) atoms. The van der Waals surface area contributed by atoms with Gasteiger partial charge in [0.05, 0.1) is 12.1 Å². The minimum Gasteiger partial charge on any atom is -0.377 e. The van der Waals surface area contributed by atoms with E-state index in [0.29, 0.717) is 18.7 Å². The minimum absolute atomic E-state index is 0.122.